The molecule has 7 rings (SSSR count). The minimum absolute atomic E-state index is 0.0362. The number of ether oxygens (including phenoxy) is 1. The lowest BCUT2D eigenvalue weighted by Gasteiger charge is -2.54. The van der Waals surface area contributed by atoms with Crippen LogP contribution in [0.25, 0.3) is 0 Å². The van der Waals surface area contributed by atoms with E-state index < -0.39 is 6.17 Å². The van der Waals surface area contributed by atoms with Crippen LogP contribution in [0.1, 0.15) is 54.5 Å². The number of likely N-dealkylation sites (tertiary alicyclic amines) is 2. The van der Waals surface area contributed by atoms with Gasteiger partial charge in [0.15, 0.2) is 0 Å². The Hall–Kier alpha value is -3.00. The number of hydrogen-bond acceptors (Lipinski definition) is 6. The summed E-state index contributed by atoms with van der Waals surface area (Å²) in [4.78, 5) is 28.5. The normalized spacial score (nSPS) is 28.9. The van der Waals surface area contributed by atoms with E-state index in [-0.39, 0.29) is 22.8 Å². The molecule has 3 atom stereocenters. The van der Waals surface area contributed by atoms with Crippen LogP contribution in [-0.2, 0) is 29.5 Å². The molecular weight excluding hydrogens is 505 g/mol. The molecule has 0 saturated carbocycles. The Morgan fingerprint density at radius 1 is 1.15 bits per heavy atom. The second-order valence-corrected chi connectivity index (χ2v) is 13.0. The molecule has 2 spiro atoms. The van der Waals surface area contributed by atoms with Crippen LogP contribution < -0.4 is 9.64 Å². The molecule has 0 radical (unpaired) electrons. The number of benzene rings is 1. The smallest absolute Gasteiger partial charge is 0.318 e. The number of amides is 1. The largest absolute Gasteiger partial charge is 0.462 e. The van der Waals surface area contributed by atoms with E-state index in [9.17, 15) is 9.18 Å². The lowest BCUT2D eigenvalue weighted by atomic mass is 9.69. The minimum Gasteiger partial charge on any atom is -0.462 e. The highest BCUT2D eigenvalue weighted by Gasteiger charge is 2.47. The molecular formula is C32H40FN5O2. The second-order valence-electron chi connectivity index (χ2n) is 13.0. The molecule has 3 aliphatic heterocycles. The monoisotopic (exact) mass is 545 g/mol. The molecule has 1 aromatic heterocycles. The number of halogens is 1. The van der Waals surface area contributed by atoms with Crippen molar-refractivity contribution in [3.63, 3.8) is 0 Å². The Balaban J connectivity index is 1.15. The fourth-order valence-electron chi connectivity index (χ4n) is 8.14. The zero-order valence-corrected chi connectivity index (χ0v) is 23.6. The van der Waals surface area contributed by atoms with Crippen LogP contribution in [0.5, 0.6) is 6.01 Å². The van der Waals surface area contributed by atoms with Gasteiger partial charge in [-0.25, -0.2) is 4.39 Å². The second kappa shape index (κ2) is 9.82. The average Bonchev–Trinajstić information content (AvgIpc) is 3.47. The number of anilines is 1. The predicted molar refractivity (Wildman–Crippen MR) is 153 cm³/mol. The van der Waals surface area contributed by atoms with Gasteiger partial charge in [-0.1, -0.05) is 30.8 Å². The van der Waals surface area contributed by atoms with Crippen molar-refractivity contribution in [1.82, 2.24) is 19.8 Å². The quantitative estimate of drug-likeness (QED) is 0.532. The number of hydrogen-bond donors (Lipinski definition) is 0. The van der Waals surface area contributed by atoms with Gasteiger partial charge in [0.2, 0.25) is 5.91 Å². The van der Waals surface area contributed by atoms with E-state index in [0.717, 1.165) is 82.6 Å². The van der Waals surface area contributed by atoms with Crippen LogP contribution in [0.3, 0.4) is 0 Å². The number of piperidine rings is 1. The van der Waals surface area contributed by atoms with Crippen molar-refractivity contribution in [1.29, 1.82) is 0 Å². The van der Waals surface area contributed by atoms with Crippen molar-refractivity contribution >= 4 is 11.7 Å². The lowest BCUT2D eigenvalue weighted by Crippen LogP contribution is -2.61. The van der Waals surface area contributed by atoms with Crippen LogP contribution in [0.4, 0.5) is 10.2 Å². The summed E-state index contributed by atoms with van der Waals surface area (Å²) in [5.41, 5.74) is 5.73. The van der Waals surface area contributed by atoms with Gasteiger partial charge >= 0.3 is 6.01 Å². The first kappa shape index (κ1) is 25.9. The zero-order valence-electron chi connectivity index (χ0n) is 23.6. The van der Waals surface area contributed by atoms with Gasteiger partial charge in [-0.15, -0.1) is 0 Å². The number of aromatic nitrogens is 2. The number of nitrogens with zero attached hydrogens (tertiary/aromatic N) is 5. The van der Waals surface area contributed by atoms with E-state index in [1.807, 2.05) is 16.8 Å². The number of rotatable bonds is 5. The van der Waals surface area contributed by atoms with Crippen molar-refractivity contribution in [2.24, 2.45) is 5.41 Å². The number of likely N-dealkylation sites (N-methyl/N-ethyl adjacent to an activating group) is 1. The van der Waals surface area contributed by atoms with Crippen LogP contribution in [0.15, 0.2) is 36.9 Å². The Bertz CT molecular complexity index is 1320. The molecule has 0 N–H and O–H groups in total. The number of aryl methyl sites for hydroxylation is 1. The van der Waals surface area contributed by atoms with Gasteiger partial charge in [0.25, 0.3) is 0 Å². The summed E-state index contributed by atoms with van der Waals surface area (Å²) in [5, 5.41) is 0. The fraction of sp³-hybridized carbons (Fsp3) is 0.594. The Morgan fingerprint density at radius 3 is 2.67 bits per heavy atom. The van der Waals surface area contributed by atoms with Gasteiger partial charge in [0.05, 0.1) is 5.69 Å². The van der Waals surface area contributed by atoms with E-state index in [1.54, 1.807) is 0 Å². The molecule has 1 unspecified atom stereocenters. The maximum atomic E-state index is 14.0. The highest BCUT2D eigenvalue weighted by atomic mass is 19.1. The molecule has 2 aliphatic carbocycles. The van der Waals surface area contributed by atoms with Gasteiger partial charge in [0.1, 0.15) is 18.6 Å². The molecule has 2 aromatic rings. The van der Waals surface area contributed by atoms with Crippen LogP contribution >= 0.6 is 0 Å². The number of carbonyl (C=O) groups is 1. The van der Waals surface area contributed by atoms with E-state index in [0.29, 0.717) is 25.6 Å². The summed E-state index contributed by atoms with van der Waals surface area (Å²) in [6.07, 6.45) is 8.51. The van der Waals surface area contributed by atoms with E-state index in [4.69, 9.17) is 14.7 Å². The molecule has 5 aliphatic rings. The van der Waals surface area contributed by atoms with Crippen molar-refractivity contribution < 1.29 is 13.9 Å². The number of alkyl halides is 1. The molecule has 40 heavy (non-hydrogen) atoms. The third-order valence-corrected chi connectivity index (χ3v) is 10.6. The van der Waals surface area contributed by atoms with Crippen molar-refractivity contribution in [3.8, 4) is 6.01 Å². The molecule has 212 valence electrons. The summed E-state index contributed by atoms with van der Waals surface area (Å²) < 4.78 is 20.2. The minimum atomic E-state index is -0.800. The molecule has 0 bridgehead atoms. The van der Waals surface area contributed by atoms with Gasteiger partial charge in [-0.3, -0.25) is 9.69 Å². The summed E-state index contributed by atoms with van der Waals surface area (Å²) in [7, 11) is 1.96. The molecule has 4 heterocycles. The summed E-state index contributed by atoms with van der Waals surface area (Å²) in [6.45, 7) is 7.99. The standard InChI is InChI=1S/C32H40FN5O2/c1-3-28(39)38-20-31(21-38)12-14-37(15-13-31)29-25-9-11-32(10-8-22-6-4-5-7-26(22)32)17-27(25)34-30(35-29)40-19-24-16-23(33)18-36(24)2/h3-7,23-24H,1,8-21H2,2H3/t23-,24+,32?/m1/s1. The molecule has 3 saturated heterocycles. The highest BCUT2D eigenvalue weighted by molar-refractivity contribution is 5.87. The van der Waals surface area contributed by atoms with Crippen LogP contribution in [-0.4, -0.2) is 84.3 Å². The lowest BCUT2D eigenvalue weighted by molar-refractivity contribution is -0.139. The van der Waals surface area contributed by atoms with E-state index >= 15 is 0 Å². The SMILES string of the molecule is C=CC(=O)N1CC2(CCN(c3nc(OC[C@@H]4C[C@@H](F)CN4C)nc4c3CCC3(CCc5ccccc53)C4)CC2)C1. The molecule has 1 amide bonds. The van der Waals surface area contributed by atoms with Gasteiger partial charge in [0, 0.05) is 55.2 Å². The van der Waals surface area contributed by atoms with Crippen LogP contribution in [0.2, 0.25) is 0 Å². The topological polar surface area (TPSA) is 61.8 Å². The van der Waals surface area contributed by atoms with Gasteiger partial charge in [-0.05, 0) is 75.6 Å². The zero-order chi connectivity index (χ0) is 27.5. The van der Waals surface area contributed by atoms with Gasteiger partial charge < -0.3 is 14.5 Å². The summed E-state index contributed by atoms with van der Waals surface area (Å²) in [5.74, 6) is 1.06. The Kier molecular flexibility index (Phi) is 6.37. The first-order valence-corrected chi connectivity index (χ1v) is 15.0. The molecule has 3 fully saturated rings. The highest BCUT2D eigenvalue weighted by Crippen LogP contribution is 2.49. The third kappa shape index (κ3) is 4.39. The predicted octanol–water partition coefficient (Wildman–Crippen LogP) is 3.89. The van der Waals surface area contributed by atoms with Crippen molar-refractivity contribution in [3.05, 3.63) is 59.3 Å². The maximum Gasteiger partial charge on any atom is 0.318 e. The molecule has 7 nitrogen and oxygen atoms in total. The first-order valence-electron chi connectivity index (χ1n) is 15.0. The third-order valence-electron chi connectivity index (χ3n) is 10.6. The first-order chi connectivity index (χ1) is 19.4. The molecule has 1 aromatic carbocycles. The Labute approximate surface area is 236 Å². The van der Waals surface area contributed by atoms with E-state index in [2.05, 4.69) is 35.7 Å². The summed E-state index contributed by atoms with van der Waals surface area (Å²) >= 11 is 0. The van der Waals surface area contributed by atoms with Gasteiger partial charge in [-0.2, -0.15) is 9.97 Å². The van der Waals surface area contributed by atoms with Crippen LogP contribution in [0, 0.1) is 5.41 Å². The average molecular weight is 546 g/mol. The summed E-state index contributed by atoms with van der Waals surface area (Å²) in [6, 6.07) is 9.40. The number of carbonyl (C=O) groups excluding carboxylic acids is 1. The fourth-order valence-corrected chi connectivity index (χ4v) is 8.14. The van der Waals surface area contributed by atoms with Crippen molar-refractivity contribution in [2.75, 3.05) is 51.3 Å². The number of fused-ring (bicyclic) bond motifs is 3. The van der Waals surface area contributed by atoms with Crippen molar-refractivity contribution in [2.45, 2.75) is 69.0 Å². The maximum absolute atomic E-state index is 14.0. The Morgan fingerprint density at radius 2 is 1.93 bits per heavy atom. The molecule has 8 heteroatoms. The van der Waals surface area contributed by atoms with E-state index in [1.165, 1.54) is 22.8 Å².